The van der Waals surface area contributed by atoms with Gasteiger partial charge in [0.15, 0.2) is 0 Å². The van der Waals surface area contributed by atoms with Crippen molar-refractivity contribution in [3.8, 4) is 6.07 Å². The maximum Gasteiger partial charge on any atom is 0.250 e. The average Bonchev–Trinajstić information content (AvgIpc) is 2.54. The van der Waals surface area contributed by atoms with Crippen LogP contribution in [-0.2, 0) is 14.3 Å². The van der Waals surface area contributed by atoms with Crippen molar-refractivity contribution in [2.45, 2.75) is 37.9 Å². The van der Waals surface area contributed by atoms with E-state index in [1.165, 1.54) is 0 Å². The van der Waals surface area contributed by atoms with Gasteiger partial charge in [0.25, 0.3) is 0 Å². The molecule has 0 saturated heterocycles. The van der Waals surface area contributed by atoms with Crippen molar-refractivity contribution in [1.29, 1.82) is 5.26 Å². The quantitative estimate of drug-likeness (QED) is 0.903. The Labute approximate surface area is 124 Å². The SMILES string of the molecule is COC1CCCC(OCC(=O)Nc2ccc(C#N)cc2)C1. The topological polar surface area (TPSA) is 71.3 Å². The number of hydrogen-bond acceptors (Lipinski definition) is 4. The largest absolute Gasteiger partial charge is 0.381 e. The molecule has 1 aliphatic carbocycles. The van der Waals surface area contributed by atoms with E-state index in [4.69, 9.17) is 14.7 Å². The van der Waals surface area contributed by atoms with Crippen molar-refractivity contribution >= 4 is 11.6 Å². The zero-order chi connectivity index (χ0) is 15.1. The van der Waals surface area contributed by atoms with Crippen molar-refractivity contribution in [3.63, 3.8) is 0 Å². The van der Waals surface area contributed by atoms with Crippen LogP contribution in [0.15, 0.2) is 24.3 Å². The van der Waals surface area contributed by atoms with Crippen molar-refractivity contribution in [1.82, 2.24) is 0 Å². The Kier molecular flexibility index (Phi) is 5.73. The first-order valence-corrected chi connectivity index (χ1v) is 7.15. The summed E-state index contributed by atoms with van der Waals surface area (Å²) in [5, 5.41) is 11.5. The summed E-state index contributed by atoms with van der Waals surface area (Å²) in [6, 6.07) is 8.78. The number of nitriles is 1. The number of hydrogen-bond donors (Lipinski definition) is 1. The fourth-order valence-corrected chi connectivity index (χ4v) is 2.49. The van der Waals surface area contributed by atoms with Gasteiger partial charge in [-0.3, -0.25) is 4.79 Å². The highest BCUT2D eigenvalue weighted by atomic mass is 16.5. The van der Waals surface area contributed by atoms with Gasteiger partial charge < -0.3 is 14.8 Å². The van der Waals surface area contributed by atoms with Crippen LogP contribution >= 0.6 is 0 Å². The third-order valence-electron chi connectivity index (χ3n) is 3.66. The zero-order valence-electron chi connectivity index (χ0n) is 12.2. The minimum atomic E-state index is -0.181. The van der Waals surface area contributed by atoms with E-state index in [0.717, 1.165) is 25.7 Å². The van der Waals surface area contributed by atoms with E-state index in [2.05, 4.69) is 5.32 Å². The standard InChI is InChI=1S/C16H20N2O3/c1-20-14-3-2-4-15(9-14)21-11-16(19)18-13-7-5-12(10-17)6-8-13/h5-8,14-15H,2-4,9,11H2,1H3,(H,18,19). The summed E-state index contributed by atoms with van der Waals surface area (Å²) >= 11 is 0. The van der Waals surface area contributed by atoms with E-state index in [1.54, 1.807) is 31.4 Å². The first-order valence-electron chi connectivity index (χ1n) is 7.15. The van der Waals surface area contributed by atoms with Gasteiger partial charge in [0, 0.05) is 12.8 Å². The van der Waals surface area contributed by atoms with Gasteiger partial charge >= 0.3 is 0 Å². The summed E-state index contributed by atoms with van der Waals surface area (Å²) in [5.41, 5.74) is 1.23. The van der Waals surface area contributed by atoms with Crippen LogP contribution in [0.3, 0.4) is 0 Å². The predicted octanol–water partition coefficient (Wildman–Crippen LogP) is 2.47. The van der Waals surface area contributed by atoms with Crippen LogP contribution in [0.5, 0.6) is 0 Å². The van der Waals surface area contributed by atoms with Crippen molar-refractivity contribution in [3.05, 3.63) is 29.8 Å². The smallest absolute Gasteiger partial charge is 0.250 e. The number of anilines is 1. The third-order valence-corrected chi connectivity index (χ3v) is 3.66. The van der Waals surface area contributed by atoms with Crippen molar-refractivity contribution < 1.29 is 14.3 Å². The number of methoxy groups -OCH3 is 1. The minimum Gasteiger partial charge on any atom is -0.381 e. The first-order chi connectivity index (χ1) is 10.2. The van der Waals surface area contributed by atoms with Gasteiger partial charge in [0.2, 0.25) is 5.91 Å². The number of ether oxygens (including phenoxy) is 2. The molecule has 2 atom stereocenters. The number of nitrogens with one attached hydrogen (secondary N) is 1. The molecule has 0 spiro atoms. The first kappa shape index (κ1) is 15.5. The molecule has 1 N–H and O–H groups in total. The van der Waals surface area contributed by atoms with Crippen LogP contribution in [0, 0.1) is 11.3 Å². The summed E-state index contributed by atoms with van der Waals surface area (Å²) in [4.78, 5) is 11.8. The summed E-state index contributed by atoms with van der Waals surface area (Å²) in [6.45, 7) is 0.0428. The van der Waals surface area contributed by atoms with Crippen LogP contribution in [0.4, 0.5) is 5.69 Å². The summed E-state index contributed by atoms with van der Waals surface area (Å²) < 4.78 is 11.0. The van der Waals surface area contributed by atoms with Gasteiger partial charge in [-0.25, -0.2) is 0 Å². The normalized spacial score (nSPS) is 21.5. The Morgan fingerprint density at radius 3 is 2.71 bits per heavy atom. The molecular formula is C16H20N2O3. The van der Waals surface area contributed by atoms with E-state index in [0.29, 0.717) is 11.3 Å². The van der Waals surface area contributed by atoms with Gasteiger partial charge in [-0.1, -0.05) is 0 Å². The lowest BCUT2D eigenvalue weighted by molar-refractivity contribution is -0.124. The molecule has 1 aliphatic rings. The highest BCUT2D eigenvalue weighted by Crippen LogP contribution is 2.23. The Balaban J connectivity index is 1.75. The zero-order valence-corrected chi connectivity index (χ0v) is 12.2. The Bertz CT molecular complexity index is 507. The van der Waals surface area contributed by atoms with Gasteiger partial charge in [0.05, 0.1) is 23.8 Å². The van der Waals surface area contributed by atoms with Gasteiger partial charge in [-0.15, -0.1) is 0 Å². The molecule has 0 radical (unpaired) electrons. The van der Waals surface area contributed by atoms with E-state index in [-0.39, 0.29) is 24.7 Å². The van der Waals surface area contributed by atoms with Crippen LogP contribution in [0.25, 0.3) is 0 Å². The Morgan fingerprint density at radius 1 is 1.33 bits per heavy atom. The molecule has 1 saturated carbocycles. The van der Waals surface area contributed by atoms with Gasteiger partial charge in [-0.2, -0.15) is 5.26 Å². The molecule has 0 aromatic heterocycles. The number of benzene rings is 1. The Morgan fingerprint density at radius 2 is 2.05 bits per heavy atom. The number of nitrogens with zero attached hydrogens (tertiary/aromatic N) is 1. The molecule has 21 heavy (non-hydrogen) atoms. The van der Waals surface area contributed by atoms with E-state index < -0.39 is 0 Å². The second-order valence-electron chi connectivity index (χ2n) is 5.19. The maximum atomic E-state index is 11.8. The van der Waals surface area contributed by atoms with E-state index in [9.17, 15) is 4.79 Å². The van der Waals surface area contributed by atoms with Crippen molar-refractivity contribution in [2.24, 2.45) is 0 Å². The fraction of sp³-hybridized carbons (Fsp3) is 0.500. The summed E-state index contributed by atoms with van der Waals surface area (Å²) in [7, 11) is 1.71. The second kappa shape index (κ2) is 7.77. The van der Waals surface area contributed by atoms with E-state index >= 15 is 0 Å². The van der Waals surface area contributed by atoms with E-state index in [1.807, 2.05) is 6.07 Å². The monoisotopic (exact) mass is 288 g/mol. The molecule has 1 fully saturated rings. The number of amides is 1. The lowest BCUT2D eigenvalue weighted by Crippen LogP contribution is -2.30. The lowest BCUT2D eigenvalue weighted by Gasteiger charge is -2.27. The van der Waals surface area contributed by atoms with Crippen LogP contribution in [0.1, 0.15) is 31.2 Å². The highest BCUT2D eigenvalue weighted by Gasteiger charge is 2.22. The minimum absolute atomic E-state index is 0.0428. The predicted molar refractivity (Wildman–Crippen MR) is 78.8 cm³/mol. The molecule has 0 heterocycles. The average molecular weight is 288 g/mol. The van der Waals surface area contributed by atoms with Crippen molar-refractivity contribution in [2.75, 3.05) is 19.0 Å². The molecule has 1 amide bonds. The van der Waals surface area contributed by atoms with Gasteiger partial charge in [0.1, 0.15) is 6.61 Å². The summed E-state index contributed by atoms with van der Waals surface area (Å²) in [6.07, 6.45) is 4.29. The maximum absolute atomic E-state index is 11.8. The van der Waals surface area contributed by atoms with Crippen LogP contribution < -0.4 is 5.32 Å². The highest BCUT2D eigenvalue weighted by molar-refractivity contribution is 5.91. The molecule has 5 nitrogen and oxygen atoms in total. The second-order valence-corrected chi connectivity index (χ2v) is 5.19. The molecule has 0 bridgehead atoms. The number of carbonyl (C=O) groups is 1. The third kappa shape index (κ3) is 4.85. The summed E-state index contributed by atoms with van der Waals surface area (Å²) in [5.74, 6) is -0.181. The number of rotatable bonds is 5. The molecule has 2 unspecified atom stereocenters. The Hall–Kier alpha value is -1.90. The van der Waals surface area contributed by atoms with Crippen LogP contribution in [-0.4, -0.2) is 31.8 Å². The van der Waals surface area contributed by atoms with Crippen LogP contribution in [0.2, 0.25) is 0 Å². The molecular weight excluding hydrogens is 268 g/mol. The lowest BCUT2D eigenvalue weighted by atomic mass is 9.95. The molecule has 1 aromatic rings. The molecule has 5 heteroatoms. The molecule has 0 aliphatic heterocycles. The fourth-order valence-electron chi connectivity index (χ4n) is 2.49. The molecule has 1 aromatic carbocycles. The number of carbonyl (C=O) groups excluding carboxylic acids is 1. The molecule has 2 rings (SSSR count). The molecule has 112 valence electrons. The van der Waals surface area contributed by atoms with Gasteiger partial charge in [-0.05, 0) is 49.9 Å².